The van der Waals surface area contributed by atoms with Gasteiger partial charge in [0.1, 0.15) is 11.4 Å². The number of ether oxygens (including phenoxy) is 4. The Kier molecular flexibility index (Phi) is 16.4. The fourth-order valence-electron chi connectivity index (χ4n) is 15.5. The largest absolute Gasteiger partial charge is 0.494 e. The number of fused-ring (bicyclic) bond motifs is 11. The summed E-state index contributed by atoms with van der Waals surface area (Å²) in [7, 11) is -0.952. The van der Waals surface area contributed by atoms with Gasteiger partial charge in [-0.25, -0.2) is 0 Å². The van der Waals surface area contributed by atoms with E-state index in [9.17, 15) is 0 Å². The molecule has 0 atom stereocenters. The molecular weight excluding hydrogens is 1410 g/mol. The van der Waals surface area contributed by atoms with Crippen LogP contribution >= 0.6 is 15.9 Å². The van der Waals surface area contributed by atoms with Gasteiger partial charge in [0, 0.05) is 4.47 Å². The van der Waals surface area contributed by atoms with Crippen molar-refractivity contribution < 1.29 is 37.6 Å². The molecule has 21 rings (SSSR count). The third kappa shape index (κ3) is 12.0. The van der Waals surface area contributed by atoms with Crippen molar-refractivity contribution in [2.75, 3.05) is 9.80 Å². The summed E-state index contributed by atoms with van der Waals surface area (Å²) in [5, 5.41) is 7.60. The SMILES string of the molecule is Brc1ccc(-c2cccc3ccccc23)cc1.CC1(C)OB(c2ccc3c(c2)Oc2cccc4c2N3c2ccc(B3OC(C)(C)C(C)(C)O3)cc2O4)OC1(C)C.c1cc2c3c(c1)Oc1cc(-c4ccc(-c5cccc6ccccc56)cc4)ccc1N3c1ccc(-c3ccc(-c4cccc5ccccc45)cc3)cc1O2. The summed E-state index contributed by atoms with van der Waals surface area (Å²) in [6.45, 7) is 16.5. The number of rotatable bonds is 7. The predicted octanol–water partition coefficient (Wildman–Crippen LogP) is 25.6. The quantitative estimate of drug-likeness (QED) is 0.144. The number of para-hydroxylation sites is 2. The molecule has 0 saturated carbocycles. The Morgan fingerprint density at radius 2 is 0.514 bits per heavy atom. The van der Waals surface area contributed by atoms with E-state index in [2.05, 4.69) is 330 Å². The molecule has 0 N–H and O–H groups in total. The van der Waals surface area contributed by atoms with Gasteiger partial charge in [0.15, 0.2) is 46.0 Å². The first-order valence-electron chi connectivity index (χ1n) is 37.1. The minimum absolute atomic E-state index is 0.423. The van der Waals surface area contributed by atoms with Gasteiger partial charge < -0.3 is 37.6 Å². The second kappa shape index (κ2) is 26.3. The van der Waals surface area contributed by atoms with Gasteiger partial charge in [-0.3, -0.25) is 9.80 Å². The van der Waals surface area contributed by atoms with E-state index in [1.54, 1.807) is 0 Å². The van der Waals surface area contributed by atoms with Crippen molar-refractivity contribution in [2.24, 2.45) is 0 Å². The minimum Gasteiger partial charge on any atom is -0.453 e. The summed E-state index contributed by atoms with van der Waals surface area (Å²) in [6, 6.07) is 108. The first-order valence-corrected chi connectivity index (χ1v) is 37.9. The van der Waals surface area contributed by atoms with Gasteiger partial charge in [-0.15, -0.1) is 0 Å². The van der Waals surface area contributed by atoms with Crippen LogP contribution in [0, 0.1) is 0 Å². The maximum atomic E-state index is 6.59. The number of hydrogen-bond acceptors (Lipinski definition) is 10. The van der Waals surface area contributed by atoms with E-state index < -0.39 is 36.6 Å². The molecule has 6 heterocycles. The number of benzene rings is 15. The molecule has 2 fully saturated rings. The first kappa shape index (κ1) is 67.9. The van der Waals surface area contributed by atoms with Gasteiger partial charge in [0.05, 0.1) is 45.2 Å². The standard InChI is InChI=1S/C50H31NO2.C30H33B2NO6.C16H11Br/c1-3-12-40-34(8-1)10-5-14-42(40)36-22-18-32(19-23-36)38-26-28-44-48(30-38)52-46-16-7-17-47-50(46)51(44)45-29-27-39(31-49(45)53-47)33-20-24-37(25-21-33)43-15-6-11-35-9-2-4-13-41(35)43;1-27(2)28(3,4)37-31(36-27)18-12-14-20-24(16-18)34-22-10-9-11-23-26(22)33(20)21-15-13-19(17-25(21)35-23)32-38-29(5,6)30(7,8)39-32;17-14-10-8-13(9-11-14)16-7-3-5-12-4-1-2-6-15(12)16/h1-31H;9-17H,1-8H3;1-11H. The zero-order valence-electron chi connectivity index (χ0n) is 61.6. The highest BCUT2D eigenvalue weighted by molar-refractivity contribution is 9.10. The predicted molar refractivity (Wildman–Crippen MR) is 448 cm³/mol. The Balaban J connectivity index is 0.000000125. The molecule has 6 aliphatic rings. The molecule has 15 aromatic rings. The van der Waals surface area contributed by atoms with Gasteiger partial charge in [0.2, 0.25) is 0 Å². The molecule has 530 valence electrons. The first-order chi connectivity index (χ1) is 52.9. The van der Waals surface area contributed by atoms with Gasteiger partial charge in [-0.05, 0) is 239 Å². The molecule has 0 bridgehead atoms. The van der Waals surface area contributed by atoms with Crippen LogP contribution in [-0.4, -0.2) is 36.6 Å². The molecule has 0 radical (unpaired) electrons. The van der Waals surface area contributed by atoms with Crippen molar-refractivity contribution in [2.45, 2.75) is 77.8 Å². The lowest BCUT2D eigenvalue weighted by Gasteiger charge is -2.38. The fourth-order valence-corrected chi connectivity index (χ4v) is 15.8. The van der Waals surface area contributed by atoms with E-state index >= 15 is 0 Å². The normalized spacial score (nSPS) is 15.8. The second-order valence-electron chi connectivity index (χ2n) is 30.5. The Hall–Kier alpha value is -11.7. The van der Waals surface area contributed by atoms with Crippen molar-refractivity contribution in [1.82, 2.24) is 0 Å². The topological polar surface area (TPSA) is 80.3 Å². The van der Waals surface area contributed by atoms with Crippen LogP contribution in [0.15, 0.2) is 314 Å². The van der Waals surface area contributed by atoms with Gasteiger partial charge in [0.25, 0.3) is 0 Å². The Morgan fingerprint density at radius 3 is 0.853 bits per heavy atom. The highest BCUT2D eigenvalue weighted by Gasteiger charge is 2.54. The zero-order valence-corrected chi connectivity index (χ0v) is 63.2. The van der Waals surface area contributed by atoms with Crippen molar-refractivity contribution in [3.05, 3.63) is 314 Å². The van der Waals surface area contributed by atoms with Crippen LogP contribution in [0.1, 0.15) is 55.4 Å². The lowest BCUT2D eigenvalue weighted by molar-refractivity contribution is 0.00578. The summed E-state index contributed by atoms with van der Waals surface area (Å²) in [6.07, 6.45) is 0. The summed E-state index contributed by atoms with van der Waals surface area (Å²) in [4.78, 5) is 4.48. The number of halogens is 1. The van der Waals surface area contributed by atoms with Crippen LogP contribution in [0.25, 0.3) is 88.0 Å². The smallest absolute Gasteiger partial charge is 0.453 e. The Bertz CT molecular complexity index is 5790. The highest BCUT2D eigenvalue weighted by Crippen LogP contribution is 2.62. The summed E-state index contributed by atoms with van der Waals surface area (Å²) < 4.78 is 52.4. The minimum atomic E-state index is -0.476. The molecule has 0 aliphatic carbocycles. The van der Waals surface area contributed by atoms with E-state index in [4.69, 9.17) is 37.6 Å². The van der Waals surface area contributed by atoms with Crippen molar-refractivity contribution in [1.29, 1.82) is 0 Å². The van der Waals surface area contributed by atoms with Crippen LogP contribution in [0.2, 0.25) is 0 Å². The summed E-state index contributed by atoms with van der Waals surface area (Å²) in [5.74, 6) is 6.09. The summed E-state index contributed by atoms with van der Waals surface area (Å²) in [5.41, 5.74) is 17.6. The maximum absolute atomic E-state index is 6.59. The molecule has 0 aromatic heterocycles. The molecule has 10 nitrogen and oxygen atoms in total. The van der Waals surface area contributed by atoms with Crippen molar-refractivity contribution in [3.63, 3.8) is 0 Å². The molecule has 6 aliphatic heterocycles. The van der Waals surface area contributed by atoms with E-state index in [-0.39, 0.29) is 0 Å². The monoisotopic (exact) mass is 1480 g/mol. The van der Waals surface area contributed by atoms with E-state index in [1.165, 1.54) is 65.7 Å². The third-order valence-electron chi connectivity index (χ3n) is 22.7. The molecule has 13 heteroatoms. The average molecular weight is 1490 g/mol. The van der Waals surface area contributed by atoms with E-state index in [1.807, 2.05) is 60.7 Å². The maximum Gasteiger partial charge on any atom is 0.494 e. The van der Waals surface area contributed by atoms with Gasteiger partial charge in [-0.2, -0.15) is 0 Å². The lowest BCUT2D eigenvalue weighted by Crippen LogP contribution is -2.41. The van der Waals surface area contributed by atoms with Crippen LogP contribution in [0.4, 0.5) is 34.1 Å². The molecule has 109 heavy (non-hydrogen) atoms. The van der Waals surface area contributed by atoms with Gasteiger partial charge >= 0.3 is 14.2 Å². The zero-order chi connectivity index (χ0) is 74.1. The number of nitrogens with zero attached hydrogens (tertiary/aromatic N) is 2. The molecule has 15 aromatic carbocycles. The molecule has 0 unspecified atom stereocenters. The van der Waals surface area contributed by atoms with E-state index in [0.29, 0.717) is 0 Å². The highest BCUT2D eigenvalue weighted by atomic mass is 79.9. The van der Waals surface area contributed by atoms with Crippen molar-refractivity contribution in [3.8, 4) is 102 Å². The van der Waals surface area contributed by atoms with Crippen molar-refractivity contribution >= 4 is 108 Å². The van der Waals surface area contributed by atoms with Crippen LogP contribution in [0.3, 0.4) is 0 Å². The third-order valence-corrected chi connectivity index (χ3v) is 23.3. The van der Waals surface area contributed by atoms with Crippen LogP contribution in [0.5, 0.6) is 46.0 Å². The van der Waals surface area contributed by atoms with E-state index in [0.717, 1.165) is 118 Å². The molecule has 0 spiro atoms. The Morgan fingerprint density at radius 1 is 0.248 bits per heavy atom. The van der Waals surface area contributed by atoms with Crippen LogP contribution in [-0.2, 0) is 18.6 Å². The van der Waals surface area contributed by atoms with Crippen LogP contribution < -0.4 is 39.7 Å². The lowest BCUT2D eigenvalue weighted by atomic mass is 9.78. The Labute approximate surface area is 644 Å². The average Bonchev–Trinajstić information content (AvgIpc) is 1.10. The fraction of sp³-hybridized carbons (Fsp3) is 0.125. The molecule has 2 saturated heterocycles. The molecular formula is C96H75B2BrN2O8. The van der Waals surface area contributed by atoms with Gasteiger partial charge in [-0.1, -0.05) is 240 Å². The summed E-state index contributed by atoms with van der Waals surface area (Å²) >= 11 is 3.47. The number of anilines is 6. The second-order valence-corrected chi connectivity index (χ2v) is 31.4. The molecule has 0 amide bonds. The number of hydrogen-bond donors (Lipinski definition) is 0.